The lowest BCUT2D eigenvalue weighted by Gasteiger charge is -2.06. The van der Waals surface area contributed by atoms with Crippen LogP contribution in [0.1, 0.15) is 0 Å². The zero-order valence-corrected chi connectivity index (χ0v) is 10.1. The average molecular weight is 233 g/mol. The molecule has 0 heterocycles. The molecule has 0 aliphatic heterocycles. The van der Waals surface area contributed by atoms with Gasteiger partial charge in [0.1, 0.15) is 6.61 Å². The molecule has 0 aliphatic rings. The molecule has 0 atom stereocenters. The highest BCUT2D eigenvalue weighted by Gasteiger charge is 1.91. The summed E-state index contributed by atoms with van der Waals surface area (Å²) in [6, 6.07) is 0. The minimum atomic E-state index is 0.538. The third-order valence-corrected chi connectivity index (χ3v) is 1.70. The van der Waals surface area contributed by atoms with E-state index < -0.39 is 0 Å². The lowest BCUT2D eigenvalue weighted by molar-refractivity contribution is 0.00719. The van der Waals surface area contributed by atoms with Crippen molar-refractivity contribution < 1.29 is 18.9 Å². The first-order valence-electron chi connectivity index (χ1n) is 5.52. The highest BCUT2D eigenvalue weighted by Crippen LogP contribution is 1.82. The van der Waals surface area contributed by atoms with Gasteiger partial charge in [-0.3, -0.25) is 0 Å². The van der Waals surface area contributed by atoms with Crippen LogP contribution in [0.15, 0.2) is 12.8 Å². The van der Waals surface area contributed by atoms with Gasteiger partial charge in [0.15, 0.2) is 0 Å². The second-order valence-corrected chi connectivity index (χ2v) is 2.98. The van der Waals surface area contributed by atoms with Crippen LogP contribution >= 0.6 is 0 Å². The Labute approximate surface area is 97.7 Å². The van der Waals surface area contributed by atoms with Crippen LogP contribution in [0.4, 0.5) is 0 Å². The summed E-state index contributed by atoms with van der Waals surface area (Å²) in [5.41, 5.74) is 0. The second-order valence-electron chi connectivity index (χ2n) is 2.98. The quantitative estimate of drug-likeness (QED) is 0.369. The third kappa shape index (κ3) is 13.4. The molecule has 96 valence electrons. The molecular formula is C11H23NO4. The number of nitrogens with one attached hydrogen (secondary N) is 1. The van der Waals surface area contributed by atoms with Crippen LogP contribution in [-0.4, -0.2) is 59.8 Å². The molecular weight excluding hydrogens is 210 g/mol. The summed E-state index contributed by atoms with van der Waals surface area (Å²) in [5, 5.41) is 3.00. The number of likely N-dealkylation sites (N-methyl/N-ethyl adjacent to an activating group) is 1. The van der Waals surface area contributed by atoms with Gasteiger partial charge >= 0.3 is 0 Å². The molecule has 0 radical (unpaired) electrons. The maximum atomic E-state index is 5.29. The average Bonchev–Trinajstić information content (AvgIpc) is 2.31. The first-order chi connectivity index (χ1) is 7.91. The molecule has 0 aromatic heterocycles. The zero-order chi connectivity index (χ0) is 11.9. The number of ether oxygens (including phenoxy) is 4. The molecule has 0 fully saturated rings. The van der Waals surface area contributed by atoms with Gasteiger partial charge in [0.25, 0.3) is 0 Å². The van der Waals surface area contributed by atoms with Gasteiger partial charge in [-0.2, -0.15) is 0 Å². The molecule has 5 nitrogen and oxygen atoms in total. The summed E-state index contributed by atoms with van der Waals surface area (Å²) in [4.78, 5) is 0. The molecule has 16 heavy (non-hydrogen) atoms. The van der Waals surface area contributed by atoms with E-state index in [0.717, 1.165) is 13.2 Å². The first-order valence-corrected chi connectivity index (χ1v) is 5.52. The highest BCUT2D eigenvalue weighted by molar-refractivity contribution is 4.47. The van der Waals surface area contributed by atoms with Gasteiger partial charge < -0.3 is 24.3 Å². The van der Waals surface area contributed by atoms with Gasteiger partial charge in [-0.1, -0.05) is 6.58 Å². The van der Waals surface area contributed by atoms with E-state index in [1.54, 1.807) is 0 Å². The Morgan fingerprint density at radius 1 is 0.875 bits per heavy atom. The van der Waals surface area contributed by atoms with Crippen molar-refractivity contribution in [1.82, 2.24) is 5.32 Å². The monoisotopic (exact) mass is 233 g/mol. The predicted molar refractivity (Wildman–Crippen MR) is 62.5 cm³/mol. The van der Waals surface area contributed by atoms with Crippen molar-refractivity contribution in [2.45, 2.75) is 0 Å². The molecule has 0 saturated heterocycles. The van der Waals surface area contributed by atoms with Gasteiger partial charge in [0.2, 0.25) is 0 Å². The smallest absolute Gasteiger partial charge is 0.111 e. The summed E-state index contributed by atoms with van der Waals surface area (Å²) in [5.74, 6) is 0. The van der Waals surface area contributed by atoms with Crippen LogP contribution in [0.5, 0.6) is 0 Å². The minimum absolute atomic E-state index is 0.538. The molecule has 1 N–H and O–H groups in total. The Morgan fingerprint density at radius 2 is 1.38 bits per heavy atom. The highest BCUT2D eigenvalue weighted by atomic mass is 16.6. The zero-order valence-electron chi connectivity index (χ0n) is 10.1. The number of hydrogen-bond acceptors (Lipinski definition) is 5. The fourth-order valence-corrected chi connectivity index (χ4v) is 0.906. The summed E-state index contributed by atoms with van der Waals surface area (Å²) in [6.45, 7) is 8.52. The molecule has 0 aliphatic carbocycles. The third-order valence-electron chi connectivity index (χ3n) is 1.70. The molecule has 0 saturated carbocycles. The fourth-order valence-electron chi connectivity index (χ4n) is 0.906. The van der Waals surface area contributed by atoms with E-state index in [-0.39, 0.29) is 0 Å². The van der Waals surface area contributed by atoms with E-state index in [9.17, 15) is 0 Å². The molecule has 0 amide bonds. The Hall–Kier alpha value is -0.620. The van der Waals surface area contributed by atoms with Crippen molar-refractivity contribution in [3.8, 4) is 0 Å². The lowest BCUT2D eigenvalue weighted by Crippen LogP contribution is -2.16. The van der Waals surface area contributed by atoms with Crippen molar-refractivity contribution in [2.75, 3.05) is 59.8 Å². The minimum Gasteiger partial charge on any atom is -0.499 e. The van der Waals surface area contributed by atoms with Crippen molar-refractivity contribution in [1.29, 1.82) is 0 Å². The maximum absolute atomic E-state index is 5.29. The van der Waals surface area contributed by atoms with Crippen LogP contribution in [0.2, 0.25) is 0 Å². The number of hydrogen-bond donors (Lipinski definition) is 1. The topological polar surface area (TPSA) is 49.0 Å². The van der Waals surface area contributed by atoms with E-state index >= 15 is 0 Å². The van der Waals surface area contributed by atoms with Gasteiger partial charge in [0.05, 0.1) is 45.9 Å². The van der Waals surface area contributed by atoms with Gasteiger partial charge in [-0.25, -0.2) is 0 Å². The van der Waals surface area contributed by atoms with E-state index in [1.807, 2.05) is 7.05 Å². The molecule has 0 rings (SSSR count). The maximum Gasteiger partial charge on any atom is 0.111 e. The van der Waals surface area contributed by atoms with Crippen molar-refractivity contribution >= 4 is 0 Å². The molecule has 0 aromatic rings. The van der Waals surface area contributed by atoms with E-state index in [1.165, 1.54) is 6.26 Å². The van der Waals surface area contributed by atoms with Gasteiger partial charge in [-0.05, 0) is 7.05 Å². The Bertz CT molecular complexity index is 144. The largest absolute Gasteiger partial charge is 0.499 e. The SMILES string of the molecule is C=COCCOCCOCCOCCNC. The summed E-state index contributed by atoms with van der Waals surface area (Å²) >= 11 is 0. The van der Waals surface area contributed by atoms with Crippen LogP contribution in [-0.2, 0) is 18.9 Å². The molecule has 0 spiro atoms. The second kappa shape index (κ2) is 14.4. The van der Waals surface area contributed by atoms with Crippen LogP contribution < -0.4 is 5.32 Å². The Morgan fingerprint density at radius 3 is 1.88 bits per heavy atom. The first kappa shape index (κ1) is 15.4. The van der Waals surface area contributed by atoms with Gasteiger partial charge in [-0.15, -0.1) is 0 Å². The fraction of sp³-hybridized carbons (Fsp3) is 0.818. The molecule has 0 bridgehead atoms. The molecule has 0 aromatic carbocycles. The lowest BCUT2D eigenvalue weighted by atomic mass is 10.6. The van der Waals surface area contributed by atoms with Crippen LogP contribution in [0.25, 0.3) is 0 Å². The summed E-state index contributed by atoms with van der Waals surface area (Å²) < 4.78 is 20.7. The van der Waals surface area contributed by atoms with Gasteiger partial charge in [0, 0.05) is 6.54 Å². The van der Waals surface area contributed by atoms with Crippen molar-refractivity contribution in [3.05, 3.63) is 12.8 Å². The van der Waals surface area contributed by atoms with E-state index in [4.69, 9.17) is 18.9 Å². The van der Waals surface area contributed by atoms with Crippen LogP contribution in [0, 0.1) is 0 Å². The van der Waals surface area contributed by atoms with E-state index in [0.29, 0.717) is 39.6 Å². The molecule has 0 unspecified atom stereocenters. The normalized spacial score (nSPS) is 10.3. The summed E-state index contributed by atoms with van der Waals surface area (Å²) in [6.07, 6.45) is 1.41. The van der Waals surface area contributed by atoms with Crippen molar-refractivity contribution in [2.24, 2.45) is 0 Å². The van der Waals surface area contributed by atoms with Crippen molar-refractivity contribution in [3.63, 3.8) is 0 Å². The summed E-state index contributed by atoms with van der Waals surface area (Å²) in [7, 11) is 1.90. The Kier molecular flexibility index (Phi) is 13.8. The molecule has 5 heteroatoms. The number of rotatable bonds is 13. The Balaban J connectivity index is 2.85. The van der Waals surface area contributed by atoms with E-state index in [2.05, 4.69) is 11.9 Å². The van der Waals surface area contributed by atoms with Crippen LogP contribution in [0.3, 0.4) is 0 Å². The standard InChI is InChI=1S/C11H23NO4/c1-3-13-6-7-15-10-11-16-9-8-14-5-4-12-2/h3,12H,1,4-11H2,2H3. The predicted octanol–water partition coefficient (Wildman–Crippen LogP) is 0.416.